The smallest absolute Gasteiger partial charge is 0.338 e. The van der Waals surface area contributed by atoms with Gasteiger partial charge in [0.1, 0.15) is 0 Å². The number of unbranched alkanes of at least 4 members (excludes halogenated alkanes) is 1. The summed E-state index contributed by atoms with van der Waals surface area (Å²) in [6.07, 6.45) is 9.49. The van der Waals surface area contributed by atoms with Crippen LogP contribution in [0, 0.1) is 12.3 Å². The van der Waals surface area contributed by atoms with Gasteiger partial charge in [-0.05, 0) is 24.9 Å². The number of carbonyl (C=O) groups is 1. The zero-order valence-corrected chi connectivity index (χ0v) is 10.2. The first-order valence-corrected chi connectivity index (χ1v) is 6.43. The summed E-state index contributed by atoms with van der Waals surface area (Å²) in [5.74, 6) is 2.60. The lowest BCUT2D eigenvalue weighted by Crippen LogP contribution is -2.48. The lowest BCUT2D eigenvalue weighted by atomic mass is 9.99. The van der Waals surface area contributed by atoms with E-state index in [9.17, 15) is 4.79 Å². The zero-order valence-electron chi connectivity index (χ0n) is 9.41. The number of carbonyl (C=O) groups excluding carboxylic acids is 1. The van der Waals surface area contributed by atoms with Crippen LogP contribution in [-0.4, -0.2) is 30.1 Å². The maximum atomic E-state index is 11.6. The van der Waals surface area contributed by atoms with E-state index in [-0.39, 0.29) is 0 Å². The van der Waals surface area contributed by atoms with Crippen LogP contribution in [0.25, 0.3) is 0 Å². The molecule has 0 spiro atoms. The molecule has 0 heterocycles. The van der Waals surface area contributed by atoms with Gasteiger partial charge in [0.15, 0.2) is 5.54 Å². The van der Waals surface area contributed by atoms with E-state index >= 15 is 0 Å². The number of esters is 1. The quantitative estimate of drug-likeness (QED) is 0.407. The Hall–Kier alpha value is -0.660. The fourth-order valence-electron chi connectivity index (χ4n) is 0.934. The largest absolute Gasteiger partial charge is 0.464 e. The molecule has 0 aromatic rings. The predicted octanol–water partition coefficient (Wildman–Crippen LogP) is 1.41. The Bertz CT molecular complexity index is 237. The zero-order chi connectivity index (χ0) is 11.7. The molecule has 0 aliphatic carbocycles. The number of nitrogens with two attached hydrogens (primary N) is 1. The van der Waals surface area contributed by atoms with Gasteiger partial charge in [-0.2, -0.15) is 11.8 Å². The molecule has 1 unspecified atom stereocenters. The minimum atomic E-state index is -1.25. The Kier molecular flexibility index (Phi) is 7.27. The van der Waals surface area contributed by atoms with E-state index < -0.39 is 11.5 Å². The van der Waals surface area contributed by atoms with E-state index in [2.05, 4.69) is 5.92 Å². The van der Waals surface area contributed by atoms with Gasteiger partial charge in [-0.25, -0.2) is 4.79 Å². The van der Waals surface area contributed by atoms with Crippen molar-refractivity contribution in [2.75, 3.05) is 18.6 Å². The van der Waals surface area contributed by atoms with Crippen LogP contribution in [0.5, 0.6) is 0 Å². The van der Waals surface area contributed by atoms with Gasteiger partial charge in [-0.3, -0.25) is 0 Å². The van der Waals surface area contributed by atoms with Gasteiger partial charge in [0, 0.05) is 0 Å². The molecule has 0 aliphatic rings. The molecular weight excluding hydrogens is 210 g/mol. The summed E-state index contributed by atoms with van der Waals surface area (Å²) in [5, 5.41) is 0. The molecule has 1 atom stereocenters. The summed E-state index contributed by atoms with van der Waals surface area (Å²) < 4.78 is 5.02. The Morgan fingerprint density at radius 2 is 2.33 bits per heavy atom. The van der Waals surface area contributed by atoms with Gasteiger partial charge < -0.3 is 10.5 Å². The van der Waals surface area contributed by atoms with Crippen LogP contribution in [0.4, 0.5) is 0 Å². The SMILES string of the molecule is C#CC(N)(CCSC)C(=O)OCCCC. The third-order valence-corrected chi connectivity index (χ3v) is 2.67. The molecule has 0 aromatic heterocycles. The van der Waals surface area contributed by atoms with E-state index in [1.807, 2.05) is 13.2 Å². The third kappa shape index (κ3) is 5.10. The fourth-order valence-corrected chi connectivity index (χ4v) is 1.46. The van der Waals surface area contributed by atoms with Crippen molar-refractivity contribution in [3.05, 3.63) is 0 Å². The first-order chi connectivity index (χ1) is 7.10. The van der Waals surface area contributed by atoms with Gasteiger partial charge >= 0.3 is 5.97 Å². The molecule has 0 saturated heterocycles. The second-order valence-corrected chi connectivity index (χ2v) is 4.33. The summed E-state index contributed by atoms with van der Waals surface area (Å²) >= 11 is 1.61. The van der Waals surface area contributed by atoms with E-state index in [1.165, 1.54) is 0 Å². The number of ether oxygens (including phenoxy) is 1. The number of hydrogen-bond acceptors (Lipinski definition) is 4. The highest BCUT2D eigenvalue weighted by Crippen LogP contribution is 2.12. The summed E-state index contributed by atoms with van der Waals surface area (Å²) in [7, 11) is 0. The second-order valence-electron chi connectivity index (χ2n) is 3.35. The van der Waals surface area contributed by atoms with E-state index in [1.54, 1.807) is 11.8 Å². The molecule has 3 nitrogen and oxygen atoms in total. The third-order valence-electron chi connectivity index (χ3n) is 2.05. The molecule has 0 saturated carbocycles. The minimum Gasteiger partial charge on any atom is -0.464 e. The number of thioether (sulfide) groups is 1. The number of rotatable bonds is 7. The molecule has 4 heteroatoms. The Morgan fingerprint density at radius 1 is 1.67 bits per heavy atom. The van der Waals surface area contributed by atoms with Crippen molar-refractivity contribution < 1.29 is 9.53 Å². The van der Waals surface area contributed by atoms with Gasteiger partial charge in [0.2, 0.25) is 0 Å². The van der Waals surface area contributed by atoms with E-state index in [4.69, 9.17) is 16.9 Å². The molecule has 0 aliphatic heterocycles. The van der Waals surface area contributed by atoms with Crippen molar-refractivity contribution >= 4 is 17.7 Å². The normalized spacial score (nSPS) is 14.0. The number of hydrogen-bond donors (Lipinski definition) is 1. The molecule has 15 heavy (non-hydrogen) atoms. The van der Waals surface area contributed by atoms with Crippen LogP contribution in [0.2, 0.25) is 0 Å². The van der Waals surface area contributed by atoms with Crippen LogP contribution in [0.1, 0.15) is 26.2 Å². The summed E-state index contributed by atoms with van der Waals surface area (Å²) in [5.41, 5.74) is 4.53. The number of terminal acetylenes is 1. The molecule has 0 amide bonds. The summed E-state index contributed by atoms with van der Waals surface area (Å²) in [6.45, 7) is 2.42. The van der Waals surface area contributed by atoms with Gasteiger partial charge in [0.25, 0.3) is 0 Å². The van der Waals surface area contributed by atoms with Gasteiger partial charge in [0.05, 0.1) is 6.61 Å². The van der Waals surface area contributed by atoms with Gasteiger partial charge in [-0.15, -0.1) is 6.42 Å². The van der Waals surface area contributed by atoms with Crippen molar-refractivity contribution in [3.8, 4) is 12.3 Å². The molecule has 0 radical (unpaired) electrons. The highest BCUT2D eigenvalue weighted by atomic mass is 32.2. The molecule has 0 rings (SSSR count). The maximum Gasteiger partial charge on any atom is 0.338 e. The Balaban J connectivity index is 4.14. The summed E-state index contributed by atoms with van der Waals surface area (Å²) in [4.78, 5) is 11.6. The first-order valence-electron chi connectivity index (χ1n) is 5.03. The van der Waals surface area contributed by atoms with Crippen LogP contribution in [-0.2, 0) is 9.53 Å². The predicted molar refractivity (Wildman–Crippen MR) is 64.6 cm³/mol. The van der Waals surface area contributed by atoms with E-state index in [0.29, 0.717) is 13.0 Å². The van der Waals surface area contributed by atoms with Crippen molar-refractivity contribution in [3.63, 3.8) is 0 Å². The molecule has 0 bridgehead atoms. The van der Waals surface area contributed by atoms with Crippen LogP contribution >= 0.6 is 11.8 Å². The monoisotopic (exact) mass is 229 g/mol. The van der Waals surface area contributed by atoms with Gasteiger partial charge in [-0.1, -0.05) is 19.3 Å². The van der Waals surface area contributed by atoms with Crippen molar-refractivity contribution in [1.82, 2.24) is 0 Å². The molecule has 86 valence electrons. The minimum absolute atomic E-state index is 0.398. The summed E-state index contributed by atoms with van der Waals surface area (Å²) in [6, 6.07) is 0. The molecule has 0 aromatic carbocycles. The molecular formula is C11H19NO2S. The van der Waals surface area contributed by atoms with E-state index in [0.717, 1.165) is 18.6 Å². The molecule has 0 fully saturated rings. The maximum absolute atomic E-state index is 11.6. The Morgan fingerprint density at radius 3 is 2.80 bits per heavy atom. The lowest BCUT2D eigenvalue weighted by Gasteiger charge is -2.20. The van der Waals surface area contributed by atoms with Crippen LogP contribution in [0.3, 0.4) is 0 Å². The molecule has 2 N–H and O–H groups in total. The standard InChI is InChI=1S/C11H19NO2S/c1-4-6-8-14-10(13)11(12,5-2)7-9-15-3/h2H,4,6-9,12H2,1,3H3. The van der Waals surface area contributed by atoms with Crippen molar-refractivity contribution in [2.45, 2.75) is 31.7 Å². The lowest BCUT2D eigenvalue weighted by molar-refractivity contribution is -0.148. The highest BCUT2D eigenvalue weighted by molar-refractivity contribution is 7.98. The fraction of sp³-hybridized carbons (Fsp3) is 0.727. The first kappa shape index (κ1) is 14.3. The Labute approximate surface area is 96.1 Å². The topological polar surface area (TPSA) is 52.3 Å². The van der Waals surface area contributed by atoms with Crippen molar-refractivity contribution in [1.29, 1.82) is 0 Å². The average molecular weight is 229 g/mol. The average Bonchev–Trinajstić information content (AvgIpc) is 2.26. The van der Waals surface area contributed by atoms with Crippen LogP contribution < -0.4 is 5.73 Å². The highest BCUT2D eigenvalue weighted by Gasteiger charge is 2.32. The van der Waals surface area contributed by atoms with Crippen molar-refractivity contribution in [2.24, 2.45) is 5.73 Å². The second kappa shape index (κ2) is 7.61. The van der Waals surface area contributed by atoms with Crippen LogP contribution in [0.15, 0.2) is 0 Å².